The second kappa shape index (κ2) is 5.25. The van der Waals surface area contributed by atoms with E-state index in [4.69, 9.17) is 0 Å². The van der Waals surface area contributed by atoms with Crippen molar-refractivity contribution >= 4 is 11.0 Å². The lowest BCUT2D eigenvalue weighted by atomic mass is 9.79. The Morgan fingerprint density at radius 1 is 1.09 bits per heavy atom. The molecule has 0 bridgehead atoms. The predicted octanol–water partition coefficient (Wildman–Crippen LogP) is 2.25. The Morgan fingerprint density at radius 3 is 2.41 bits per heavy atom. The highest BCUT2D eigenvalue weighted by Crippen LogP contribution is 2.28. The third-order valence-corrected chi connectivity index (χ3v) is 4.37. The second-order valence-electron chi connectivity index (χ2n) is 7.84. The molecule has 0 amide bonds. The Balaban J connectivity index is 1.69. The second-order valence-corrected chi connectivity index (χ2v) is 7.84. The maximum Gasteiger partial charge on any atom is 0.323 e. The summed E-state index contributed by atoms with van der Waals surface area (Å²) in [6.07, 6.45) is 2.22. The van der Waals surface area contributed by atoms with Crippen LogP contribution >= 0.6 is 0 Å². The van der Waals surface area contributed by atoms with E-state index in [-0.39, 0.29) is 16.8 Å². The average Bonchev–Trinajstić information content (AvgIpc) is 2.71. The third-order valence-electron chi connectivity index (χ3n) is 4.37. The van der Waals surface area contributed by atoms with Crippen molar-refractivity contribution in [3.63, 3.8) is 0 Å². The summed E-state index contributed by atoms with van der Waals surface area (Å²) in [5, 5.41) is 7.38. The first-order valence-electron chi connectivity index (χ1n) is 7.96. The summed E-state index contributed by atoms with van der Waals surface area (Å²) in [4.78, 5) is 16.9. The minimum Gasteiger partial charge on any atom is -0.310 e. The summed E-state index contributed by atoms with van der Waals surface area (Å²) in [6, 6.07) is 6.56. The molecule has 5 nitrogen and oxygen atoms in total. The van der Waals surface area contributed by atoms with Crippen LogP contribution < -0.4 is 16.3 Å². The molecule has 1 aromatic carbocycles. The van der Waals surface area contributed by atoms with Crippen LogP contribution in [0.25, 0.3) is 11.0 Å². The summed E-state index contributed by atoms with van der Waals surface area (Å²) >= 11 is 0. The molecule has 5 heteroatoms. The quantitative estimate of drug-likeness (QED) is 0.703. The number of benzene rings is 1. The van der Waals surface area contributed by atoms with Crippen molar-refractivity contribution in [3.05, 3.63) is 34.2 Å². The van der Waals surface area contributed by atoms with Crippen molar-refractivity contribution in [3.8, 4) is 0 Å². The molecule has 4 N–H and O–H groups in total. The number of aromatic amines is 2. The van der Waals surface area contributed by atoms with Crippen molar-refractivity contribution in [1.82, 2.24) is 20.6 Å². The van der Waals surface area contributed by atoms with Crippen molar-refractivity contribution in [2.24, 2.45) is 0 Å². The topological polar surface area (TPSA) is 72.7 Å². The van der Waals surface area contributed by atoms with Gasteiger partial charge in [0.05, 0.1) is 11.0 Å². The van der Waals surface area contributed by atoms with Crippen LogP contribution in [0.4, 0.5) is 0 Å². The number of hydrogen-bond donors (Lipinski definition) is 4. The highest BCUT2D eigenvalue weighted by Gasteiger charge is 2.37. The van der Waals surface area contributed by atoms with Crippen LogP contribution in [-0.2, 0) is 6.54 Å². The van der Waals surface area contributed by atoms with Crippen molar-refractivity contribution < 1.29 is 0 Å². The molecule has 1 saturated heterocycles. The van der Waals surface area contributed by atoms with E-state index in [1.807, 2.05) is 12.1 Å². The van der Waals surface area contributed by atoms with Gasteiger partial charge in [0.25, 0.3) is 0 Å². The van der Waals surface area contributed by atoms with Gasteiger partial charge in [-0.1, -0.05) is 6.07 Å². The highest BCUT2D eigenvalue weighted by atomic mass is 16.1. The first-order valence-corrected chi connectivity index (χ1v) is 7.96. The van der Waals surface area contributed by atoms with Crippen LogP contribution in [0.15, 0.2) is 23.0 Å². The van der Waals surface area contributed by atoms with Crippen LogP contribution in [0.2, 0.25) is 0 Å². The summed E-state index contributed by atoms with van der Waals surface area (Å²) in [5.41, 5.74) is 3.07. The Bertz CT molecular complexity index is 710. The Morgan fingerprint density at radius 2 is 1.73 bits per heavy atom. The maximum atomic E-state index is 11.3. The molecule has 2 aromatic rings. The number of aromatic nitrogens is 2. The molecule has 120 valence electrons. The van der Waals surface area contributed by atoms with E-state index in [0.717, 1.165) is 30.4 Å². The fraction of sp³-hybridized carbons (Fsp3) is 0.588. The number of imidazole rings is 1. The fourth-order valence-corrected chi connectivity index (χ4v) is 3.92. The van der Waals surface area contributed by atoms with Gasteiger partial charge < -0.3 is 20.6 Å². The molecule has 0 spiro atoms. The third kappa shape index (κ3) is 3.42. The SMILES string of the molecule is CC1(C)CC(NCc2ccc3[nH]c(=O)[nH]c3c2)CC(C)(C)N1. The predicted molar refractivity (Wildman–Crippen MR) is 90.1 cm³/mol. The molecule has 1 aromatic heterocycles. The van der Waals surface area contributed by atoms with E-state index in [2.05, 4.69) is 54.4 Å². The van der Waals surface area contributed by atoms with Gasteiger partial charge >= 0.3 is 5.69 Å². The molecule has 1 fully saturated rings. The molecular weight excluding hydrogens is 276 g/mol. The first kappa shape index (κ1) is 15.3. The van der Waals surface area contributed by atoms with Crippen molar-refractivity contribution in [1.29, 1.82) is 0 Å². The van der Waals surface area contributed by atoms with E-state index in [9.17, 15) is 4.79 Å². The number of fused-ring (bicyclic) bond motifs is 1. The Labute approximate surface area is 130 Å². The van der Waals surface area contributed by atoms with Gasteiger partial charge in [0.15, 0.2) is 0 Å². The molecule has 1 aliphatic rings. The molecule has 0 unspecified atom stereocenters. The lowest BCUT2D eigenvalue weighted by Gasteiger charge is -2.46. The lowest BCUT2D eigenvalue weighted by Crippen LogP contribution is -2.61. The molecule has 22 heavy (non-hydrogen) atoms. The molecule has 0 atom stereocenters. The highest BCUT2D eigenvalue weighted by molar-refractivity contribution is 5.74. The largest absolute Gasteiger partial charge is 0.323 e. The minimum atomic E-state index is -0.151. The van der Waals surface area contributed by atoms with Gasteiger partial charge in [0.1, 0.15) is 0 Å². The smallest absolute Gasteiger partial charge is 0.310 e. The van der Waals surface area contributed by atoms with E-state index in [1.165, 1.54) is 5.56 Å². The van der Waals surface area contributed by atoms with Crippen LogP contribution in [-0.4, -0.2) is 27.1 Å². The number of H-pyrrole nitrogens is 2. The average molecular weight is 302 g/mol. The monoisotopic (exact) mass is 302 g/mol. The van der Waals surface area contributed by atoms with Gasteiger partial charge in [-0.3, -0.25) is 0 Å². The summed E-state index contributed by atoms with van der Waals surface area (Å²) in [7, 11) is 0. The van der Waals surface area contributed by atoms with Crippen LogP contribution in [0.5, 0.6) is 0 Å². The molecule has 0 radical (unpaired) electrons. The number of piperidine rings is 1. The fourth-order valence-electron chi connectivity index (χ4n) is 3.92. The van der Waals surface area contributed by atoms with E-state index >= 15 is 0 Å². The van der Waals surface area contributed by atoms with Crippen LogP contribution in [0.3, 0.4) is 0 Å². The number of rotatable bonds is 3. The first-order chi connectivity index (χ1) is 10.2. The van der Waals surface area contributed by atoms with Crippen LogP contribution in [0.1, 0.15) is 46.1 Å². The van der Waals surface area contributed by atoms with Gasteiger partial charge in [-0.2, -0.15) is 0 Å². The normalized spacial score (nSPS) is 21.3. The van der Waals surface area contributed by atoms with E-state index in [0.29, 0.717) is 6.04 Å². The molecule has 0 saturated carbocycles. The molecule has 2 heterocycles. The molecule has 0 aliphatic carbocycles. The zero-order valence-corrected chi connectivity index (χ0v) is 13.8. The van der Waals surface area contributed by atoms with E-state index < -0.39 is 0 Å². The number of hydrogen-bond acceptors (Lipinski definition) is 3. The molecular formula is C17H26N4O. The zero-order valence-electron chi connectivity index (χ0n) is 13.8. The van der Waals surface area contributed by atoms with Gasteiger partial charge in [-0.15, -0.1) is 0 Å². The standard InChI is InChI=1S/C17H26N4O/c1-16(2)8-12(9-17(3,4)21-16)18-10-11-5-6-13-14(7-11)20-15(22)19-13/h5-7,12,18,21H,8-10H2,1-4H3,(H2,19,20,22). The van der Waals surface area contributed by atoms with Crippen molar-refractivity contribution in [2.75, 3.05) is 0 Å². The van der Waals surface area contributed by atoms with Gasteiger partial charge in [-0.25, -0.2) is 4.79 Å². The van der Waals surface area contributed by atoms with Crippen LogP contribution in [0, 0.1) is 0 Å². The van der Waals surface area contributed by atoms with Gasteiger partial charge in [0, 0.05) is 23.7 Å². The number of nitrogens with one attached hydrogen (secondary N) is 4. The molecule has 1 aliphatic heterocycles. The summed E-state index contributed by atoms with van der Waals surface area (Å²) < 4.78 is 0. The maximum absolute atomic E-state index is 11.3. The lowest BCUT2D eigenvalue weighted by molar-refractivity contribution is 0.145. The summed E-state index contributed by atoms with van der Waals surface area (Å²) in [5.74, 6) is 0. The van der Waals surface area contributed by atoms with Gasteiger partial charge in [-0.05, 0) is 58.2 Å². The van der Waals surface area contributed by atoms with Gasteiger partial charge in [0.2, 0.25) is 0 Å². The van der Waals surface area contributed by atoms with Crippen molar-refractivity contribution in [2.45, 2.75) is 64.2 Å². The molecule has 3 rings (SSSR count). The van der Waals surface area contributed by atoms with E-state index in [1.54, 1.807) is 0 Å². The zero-order chi connectivity index (χ0) is 16.0. The minimum absolute atomic E-state index is 0.148. The Hall–Kier alpha value is -1.59. The summed E-state index contributed by atoms with van der Waals surface area (Å²) in [6.45, 7) is 9.87. The Kier molecular flexibility index (Phi) is 3.65.